The average Bonchev–Trinajstić information content (AvgIpc) is 3.33. The van der Waals surface area contributed by atoms with Gasteiger partial charge in [0, 0.05) is 55.0 Å². The van der Waals surface area contributed by atoms with Crippen LogP contribution in [-0.2, 0) is 4.79 Å². The molecule has 3 fully saturated rings. The number of hydrazine groups is 1. The summed E-state index contributed by atoms with van der Waals surface area (Å²) in [5.74, 6) is 0.368. The lowest BCUT2D eigenvalue weighted by Gasteiger charge is -2.28. The van der Waals surface area contributed by atoms with Crippen molar-refractivity contribution in [2.75, 3.05) is 24.5 Å². The first-order valence-electron chi connectivity index (χ1n) is 9.84. The van der Waals surface area contributed by atoms with E-state index in [0.717, 1.165) is 25.9 Å². The monoisotopic (exact) mass is 373 g/mol. The molecule has 3 aliphatic rings. The predicted molar refractivity (Wildman–Crippen MR) is 102 cm³/mol. The highest BCUT2D eigenvalue weighted by Gasteiger charge is 2.46. The molecule has 0 spiro atoms. The molecule has 5 unspecified atom stereocenters. The Morgan fingerprint density at radius 1 is 1.22 bits per heavy atom. The normalized spacial score (nSPS) is 32.9. The maximum atomic E-state index is 12.7. The molecule has 4 rings (SSSR count). The fourth-order valence-electron chi connectivity index (χ4n) is 4.71. The third-order valence-electron chi connectivity index (χ3n) is 6.28. The van der Waals surface area contributed by atoms with Gasteiger partial charge in [-0.15, -0.1) is 0 Å². The maximum Gasteiger partial charge on any atom is 0.238 e. The standard InChI is InChI=1S/C19H27N5O3/c25-19(18-16-10-15(24(26)27)6-7-17(16)21-22-18)20-11-13-8-9-23(12-13)14-4-2-1-3-5-14/h1-5,13,15-18,21-22H,6-12H2,(H,20,25). The molecule has 8 nitrogen and oxygen atoms in total. The van der Waals surface area contributed by atoms with Crippen LogP contribution in [0.15, 0.2) is 30.3 Å². The Labute approximate surface area is 158 Å². The number of rotatable bonds is 5. The molecule has 2 aliphatic heterocycles. The number of anilines is 1. The number of nitrogens with zero attached hydrogens (tertiary/aromatic N) is 2. The van der Waals surface area contributed by atoms with E-state index < -0.39 is 6.04 Å². The first-order valence-corrected chi connectivity index (χ1v) is 9.84. The molecule has 2 heterocycles. The number of amides is 1. The molecule has 1 aromatic carbocycles. The number of nitro groups is 1. The van der Waals surface area contributed by atoms with Gasteiger partial charge < -0.3 is 10.2 Å². The van der Waals surface area contributed by atoms with Gasteiger partial charge in [-0.05, 0) is 30.9 Å². The molecule has 1 amide bonds. The van der Waals surface area contributed by atoms with Gasteiger partial charge in [-0.1, -0.05) is 18.2 Å². The summed E-state index contributed by atoms with van der Waals surface area (Å²) < 4.78 is 0. The van der Waals surface area contributed by atoms with Crippen LogP contribution in [0.25, 0.3) is 0 Å². The number of fused-ring (bicyclic) bond motifs is 1. The molecular formula is C19H27N5O3. The summed E-state index contributed by atoms with van der Waals surface area (Å²) in [4.78, 5) is 26.0. The number of hydrogen-bond acceptors (Lipinski definition) is 6. The van der Waals surface area contributed by atoms with Gasteiger partial charge in [-0.3, -0.25) is 20.3 Å². The Balaban J connectivity index is 1.28. The SMILES string of the molecule is O=C(NCC1CCN(c2ccccc2)C1)C1NNC2CCC([N+](=O)[O-])CC21. The fourth-order valence-corrected chi connectivity index (χ4v) is 4.71. The number of hydrogen-bond donors (Lipinski definition) is 3. The number of para-hydroxylation sites is 1. The van der Waals surface area contributed by atoms with Crippen molar-refractivity contribution in [3.05, 3.63) is 40.4 Å². The molecule has 8 heteroatoms. The van der Waals surface area contributed by atoms with Crippen LogP contribution in [0, 0.1) is 22.0 Å². The first kappa shape index (κ1) is 18.2. The molecule has 1 saturated carbocycles. The third-order valence-corrected chi connectivity index (χ3v) is 6.28. The zero-order valence-electron chi connectivity index (χ0n) is 15.3. The summed E-state index contributed by atoms with van der Waals surface area (Å²) in [5, 5.41) is 14.2. The molecule has 0 radical (unpaired) electrons. The van der Waals surface area contributed by atoms with Crippen molar-refractivity contribution in [3.8, 4) is 0 Å². The first-order chi connectivity index (χ1) is 13.1. The van der Waals surface area contributed by atoms with Crippen LogP contribution in [0.5, 0.6) is 0 Å². The van der Waals surface area contributed by atoms with Crippen molar-refractivity contribution in [2.24, 2.45) is 11.8 Å². The van der Waals surface area contributed by atoms with Gasteiger partial charge >= 0.3 is 0 Å². The molecule has 1 aliphatic carbocycles. The molecule has 3 N–H and O–H groups in total. The molecule has 5 atom stereocenters. The van der Waals surface area contributed by atoms with Gasteiger partial charge in [-0.25, -0.2) is 5.43 Å². The van der Waals surface area contributed by atoms with Crippen LogP contribution in [-0.4, -0.2) is 48.6 Å². The molecule has 27 heavy (non-hydrogen) atoms. The van der Waals surface area contributed by atoms with Crippen molar-refractivity contribution >= 4 is 11.6 Å². The van der Waals surface area contributed by atoms with Crippen molar-refractivity contribution in [1.29, 1.82) is 0 Å². The summed E-state index contributed by atoms with van der Waals surface area (Å²) in [6, 6.07) is 9.57. The van der Waals surface area contributed by atoms with Gasteiger partial charge in [0.25, 0.3) is 0 Å². The van der Waals surface area contributed by atoms with Crippen molar-refractivity contribution in [1.82, 2.24) is 16.2 Å². The van der Waals surface area contributed by atoms with E-state index in [4.69, 9.17) is 0 Å². The van der Waals surface area contributed by atoms with E-state index in [2.05, 4.69) is 33.2 Å². The maximum absolute atomic E-state index is 12.7. The summed E-state index contributed by atoms with van der Waals surface area (Å²) >= 11 is 0. The van der Waals surface area contributed by atoms with Crippen molar-refractivity contribution < 1.29 is 9.72 Å². The van der Waals surface area contributed by atoms with E-state index in [1.807, 2.05) is 18.2 Å². The zero-order chi connectivity index (χ0) is 18.8. The Morgan fingerprint density at radius 3 is 2.81 bits per heavy atom. The minimum absolute atomic E-state index is 0.0152. The molecule has 0 bridgehead atoms. The number of benzene rings is 1. The lowest BCUT2D eigenvalue weighted by atomic mass is 9.79. The van der Waals surface area contributed by atoms with Crippen LogP contribution in [0.1, 0.15) is 25.7 Å². The molecule has 2 saturated heterocycles. The van der Waals surface area contributed by atoms with E-state index >= 15 is 0 Å². The Bertz CT molecular complexity index is 685. The molecule has 146 valence electrons. The van der Waals surface area contributed by atoms with Gasteiger partial charge in [-0.2, -0.15) is 0 Å². The summed E-state index contributed by atoms with van der Waals surface area (Å²) in [5.41, 5.74) is 7.46. The quantitative estimate of drug-likeness (QED) is 0.524. The number of carbonyl (C=O) groups is 1. The van der Waals surface area contributed by atoms with E-state index in [9.17, 15) is 14.9 Å². The van der Waals surface area contributed by atoms with E-state index in [-0.39, 0.29) is 28.8 Å². The van der Waals surface area contributed by atoms with Gasteiger partial charge in [0.1, 0.15) is 6.04 Å². The largest absolute Gasteiger partial charge is 0.371 e. The number of nitrogens with one attached hydrogen (secondary N) is 3. The van der Waals surface area contributed by atoms with Crippen LogP contribution in [0.2, 0.25) is 0 Å². The highest BCUT2D eigenvalue weighted by Crippen LogP contribution is 2.32. The Hall–Kier alpha value is -2.19. The third kappa shape index (κ3) is 3.91. The van der Waals surface area contributed by atoms with Gasteiger partial charge in [0.05, 0.1) is 0 Å². The smallest absolute Gasteiger partial charge is 0.238 e. The predicted octanol–water partition coefficient (Wildman–Crippen LogP) is 0.920. The van der Waals surface area contributed by atoms with Crippen molar-refractivity contribution in [2.45, 2.75) is 43.8 Å². The van der Waals surface area contributed by atoms with Gasteiger partial charge in [0.15, 0.2) is 0 Å². The van der Waals surface area contributed by atoms with Gasteiger partial charge in [0.2, 0.25) is 11.9 Å². The van der Waals surface area contributed by atoms with E-state index in [1.54, 1.807) is 0 Å². The second kappa shape index (κ2) is 7.82. The molecule has 1 aromatic rings. The second-order valence-corrected chi connectivity index (χ2v) is 7.97. The average molecular weight is 373 g/mol. The summed E-state index contributed by atoms with van der Waals surface area (Å²) in [6.45, 7) is 2.59. The van der Waals surface area contributed by atoms with E-state index in [0.29, 0.717) is 25.3 Å². The second-order valence-electron chi connectivity index (χ2n) is 7.97. The topological polar surface area (TPSA) is 99.5 Å². The van der Waals surface area contributed by atoms with E-state index in [1.165, 1.54) is 5.69 Å². The highest BCUT2D eigenvalue weighted by atomic mass is 16.6. The lowest BCUT2D eigenvalue weighted by Crippen LogP contribution is -2.48. The molecule has 0 aromatic heterocycles. The summed E-state index contributed by atoms with van der Waals surface area (Å²) in [6.07, 6.45) is 2.83. The fraction of sp³-hybridized carbons (Fsp3) is 0.632. The van der Waals surface area contributed by atoms with Crippen LogP contribution >= 0.6 is 0 Å². The van der Waals surface area contributed by atoms with Crippen LogP contribution in [0.4, 0.5) is 5.69 Å². The number of carbonyl (C=O) groups excluding carboxylic acids is 1. The van der Waals surface area contributed by atoms with Crippen molar-refractivity contribution in [3.63, 3.8) is 0 Å². The Morgan fingerprint density at radius 2 is 2.04 bits per heavy atom. The Kier molecular flexibility index (Phi) is 5.27. The van der Waals surface area contributed by atoms with Crippen LogP contribution < -0.4 is 21.1 Å². The zero-order valence-corrected chi connectivity index (χ0v) is 15.3. The highest BCUT2D eigenvalue weighted by molar-refractivity contribution is 5.82. The minimum Gasteiger partial charge on any atom is -0.371 e. The summed E-state index contributed by atoms with van der Waals surface area (Å²) in [7, 11) is 0. The molecular weight excluding hydrogens is 346 g/mol. The van der Waals surface area contributed by atoms with Crippen LogP contribution in [0.3, 0.4) is 0 Å². The minimum atomic E-state index is -0.530. The lowest BCUT2D eigenvalue weighted by molar-refractivity contribution is -0.528.